The molecule has 1 unspecified atom stereocenters. The van der Waals surface area contributed by atoms with Crippen LogP contribution in [0.4, 0.5) is 5.69 Å². The fourth-order valence-electron chi connectivity index (χ4n) is 0.998. The van der Waals surface area contributed by atoms with Crippen LogP contribution in [0.3, 0.4) is 0 Å². The Balaban J connectivity index is 0.000000845. The number of hydrogen-bond donors (Lipinski definition) is 1. The summed E-state index contributed by atoms with van der Waals surface area (Å²) in [5.74, 6) is 0. The first-order valence-corrected chi connectivity index (χ1v) is 4.01. The zero-order valence-corrected chi connectivity index (χ0v) is 10.0. The van der Waals surface area contributed by atoms with E-state index in [4.69, 9.17) is 12.6 Å². The van der Waals surface area contributed by atoms with Gasteiger partial charge in [0.1, 0.15) is 0 Å². The van der Waals surface area contributed by atoms with E-state index in [-0.39, 0.29) is 35.1 Å². The Morgan fingerprint density at radius 3 is 2.54 bits per heavy atom. The molecule has 0 aliphatic carbocycles. The second kappa shape index (κ2) is 4.85. The molecule has 0 saturated heterocycles. The van der Waals surface area contributed by atoms with Gasteiger partial charge in [0.05, 0.1) is 5.69 Å². The molecule has 1 aliphatic heterocycles. The largest absolute Gasteiger partial charge is 1.00 e. The van der Waals surface area contributed by atoms with Crippen molar-refractivity contribution < 1.29 is 29.6 Å². The van der Waals surface area contributed by atoms with Gasteiger partial charge < -0.3 is 12.6 Å². The average Bonchev–Trinajstić information content (AvgIpc) is 2.53. The van der Waals surface area contributed by atoms with Crippen LogP contribution >= 0.6 is 0 Å². The predicted octanol–water partition coefficient (Wildman–Crippen LogP) is -1.79. The van der Waals surface area contributed by atoms with E-state index in [0.29, 0.717) is 0 Å². The number of hydrogen-bond acceptors (Lipinski definition) is 5. The standard InChI is InChI=1S/C7H8N4S.Na/c12-7-8-9-10-11(7)6-4-2-1-3-5-6;/h1-5,7,12H,(H,8,10);/q;+1/p-1. The Labute approximate surface area is 104 Å². The maximum atomic E-state index is 5.01. The summed E-state index contributed by atoms with van der Waals surface area (Å²) in [5, 5.41) is 9.09. The van der Waals surface area contributed by atoms with E-state index in [9.17, 15) is 0 Å². The van der Waals surface area contributed by atoms with Crippen molar-refractivity contribution in [2.75, 3.05) is 5.01 Å². The quantitative estimate of drug-likeness (QED) is 0.432. The molecule has 0 radical (unpaired) electrons. The van der Waals surface area contributed by atoms with Crippen LogP contribution in [0.15, 0.2) is 40.7 Å². The van der Waals surface area contributed by atoms with Crippen molar-refractivity contribution in [3.05, 3.63) is 30.3 Å². The van der Waals surface area contributed by atoms with Gasteiger partial charge in [-0.1, -0.05) is 23.4 Å². The van der Waals surface area contributed by atoms with Crippen molar-refractivity contribution in [1.82, 2.24) is 5.53 Å². The minimum atomic E-state index is -0.340. The zero-order chi connectivity index (χ0) is 8.39. The molecule has 1 heterocycles. The van der Waals surface area contributed by atoms with Crippen molar-refractivity contribution in [3.63, 3.8) is 0 Å². The summed E-state index contributed by atoms with van der Waals surface area (Å²) in [6, 6.07) is 9.73. The molecule has 1 aromatic rings. The number of anilines is 1. The number of nitrogens with one attached hydrogen (secondary N) is 1. The molecular formula is C7H7N4NaS. The van der Waals surface area contributed by atoms with Crippen LogP contribution in [-0.4, -0.2) is 5.50 Å². The molecule has 0 amide bonds. The van der Waals surface area contributed by atoms with E-state index in [1.807, 2.05) is 30.3 Å². The molecule has 2 rings (SSSR count). The SMILES string of the molecule is [Na+].[S-]C1N=NNN1c1ccccc1. The normalized spacial score (nSPS) is 19.5. The van der Waals surface area contributed by atoms with Gasteiger partial charge in [0.25, 0.3) is 0 Å². The summed E-state index contributed by atoms with van der Waals surface area (Å²) in [6.07, 6.45) is 0. The van der Waals surface area contributed by atoms with Gasteiger partial charge >= 0.3 is 29.6 Å². The molecule has 0 bridgehead atoms. The van der Waals surface area contributed by atoms with E-state index in [2.05, 4.69) is 15.9 Å². The van der Waals surface area contributed by atoms with Gasteiger partial charge in [-0.2, -0.15) is 10.6 Å². The predicted molar refractivity (Wildman–Crippen MR) is 48.1 cm³/mol. The first kappa shape index (κ1) is 10.8. The van der Waals surface area contributed by atoms with Gasteiger partial charge in [-0.25, -0.2) is 0 Å². The van der Waals surface area contributed by atoms with E-state index < -0.39 is 0 Å². The Morgan fingerprint density at radius 2 is 2.00 bits per heavy atom. The van der Waals surface area contributed by atoms with Crippen LogP contribution in [-0.2, 0) is 12.6 Å². The molecule has 0 aromatic heterocycles. The van der Waals surface area contributed by atoms with E-state index in [1.54, 1.807) is 5.01 Å². The molecule has 0 saturated carbocycles. The molecule has 0 spiro atoms. The third kappa shape index (κ3) is 2.37. The molecule has 1 atom stereocenters. The minimum absolute atomic E-state index is 0. The van der Waals surface area contributed by atoms with Gasteiger partial charge in [0.2, 0.25) is 0 Å². The van der Waals surface area contributed by atoms with Crippen LogP contribution < -0.4 is 40.1 Å². The van der Waals surface area contributed by atoms with Gasteiger partial charge in [-0.15, -0.1) is 0 Å². The smallest absolute Gasteiger partial charge is 0.740 e. The van der Waals surface area contributed by atoms with Gasteiger partial charge in [-0.3, -0.25) is 5.01 Å². The minimum Gasteiger partial charge on any atom is -0.740 e. The molecule has 13 heavy (non-hydrogen) atoms. The van der Waals surface area contributed by atoms with E-state index in [0.717, 1.165) is 5.69 Å². The van der Waals surface area contributed by atoms with Crippen LogP contribution in [0.25, 0.3) is 0 Å². The summed E-state index contributed by atoms with van der Waals surface area (Å²) in [6.45, 7) is 0. The van der Waals surface area contributed by atoms with Crippen molar-refractivity contribution >= 4 is 18.3 Å². The molecule has 1 N–H and O–H groups in total. The molecule has 1 aromatic carbocycles. The molecule has 4 nitrogen and oxygen atoms in total. The Hall–Kier alpha value is -0.230. The number of rotatable bonds is 1. The summed E-state index contributed by atoms with van der Waals surface area (Å²) in [7, 11) is 0. The second-order valence-electron chi connectivity index (χ2n) is 2.35. The van der Waals surface area contributed by atoms with E-state index in [1.165, 1.54) is 0 Å². The Kier molecular flexibility index (Phi) is 4.05. The first-order valence-electron chi connectivity index (χ1n) is 3.53. The number of hydrazine groups is 1. The van der Waals surface area contributed by atoms with Crippen molar-refractivity contribution in [3.8, 4) is 0 Å². The van der Waals surface area contributed by atoms with Crippen LogP contribution in [0.5, 0.6) is 0 Å². The van der Waals surface area contributed by atoms with Crippen molar-refractivity contribution in [2.45, 2.75) is 5.50 Å². The number of benzene rings is 1. The Bertz CT molecular complexity index is 292. The summed E-state index contributed by atoms with van der Waals surface area (Å²) >= 11 is 5.01. The average molecular weight is 202 g/mol. The fraction of sp³-hybridized carbons (Fsp3) is 0.143. The van der Waals surface area contributed by atoms with Crippen molar-refractivity contribution in [2.24, 2.45) is 10.3 Å². The van der Waals surface area contributed by atoms with Crippen LogP contribution in [0.2, 0.25) is 0 Å². The number of para-hydroxylation sites is 1. The topological polar surface area (TPSA) is 40.0 Å². The Morgan fingerprint density at radius 1 is 1.31 bits per heavy atom. The monoisotopic (exact) mass is 202 g/mol. The fourth-order valence-corrected chi connectivity index (χ4v) is 1.21. The second-order valence-corrected chi connectivity index (χ2v) is 2.77. The summed E-state index contributed by atoms with van der Waals surface area (Å²) in [4.78, 5) is 0. The van der Waals surface area contributed by atoms with Gasteiger partial charge in [-0.05, 0) is 12.1 Å². The zero-order valence-electron chi connectivity index (χ0n) is 7.21. The molecular weight excluding hydrogens is 195 g/mol. The van der Waals surface area contributed by atoms with Gasteiger partial charge in [0, 0.05) is 5.50 Å². The maximum Gasteiger partial charge on any atom is 1.00 e. The third-order valence-electron chi connectivity index (χ3n) is 1.56. The molecule has 1 aliphatic rings. The number of nitrogens with zero attached hydrogens (tertiary/aromatic N) is 3. The van der Waals surface area contributed by atoms with Crippen molar-refractivity contribution in [1.29, 1.82) is 0 Å². The summed E-state index contributed by atoms with van der Waals surface area (Å²) in [5.41, 5.74) is 3.34. The van der Waals surface area contributed by atoms with Crippen LogP contribution in [0.1, 0.15) is 0 Å². The molecule has 0 fully saturated rings. The van der Waals surface area contributed by atoms with Crippen LogP contribution in [0, 0.1) is 0 Å². The van der Waals surface area contributed by atoms with E-state index >= 15 is 0 Å². The van der Waals surface area contributed by atoms with Gasteiger partial charge in [0.15, 0.2) is 0 Å². The third-order valence-corrected chi connectivity index (χ3v) is 1.87. The molecule has 62 valence electrons. The first-order chi connectivity index (χ1) is 5.88. The maximum absolute atomic E-state index is 5.01. The molecule has 6 heteroatoms. The summed E-state index contributed by atoms with van der Waals surface area (Å²) < 4.78 is 0.